The molecule has 1 aromatic carbocycles. The van der Waals surface area contributed by atoms with Gasteiger partial charge in [-0.05, 0) is 61.9 Å². The van der Waals surface area contributed by atoms with Crippen molar-refractivity contribution in [3.8, 4) is 5.75 Å². The van der Waals surface area contributed by atoms with Gasteiger partial charge in [-0.25, -0.2) is 0 Å². The highest BCUT2D eigenvalue weighted by molar-refractivity contribution is 5.78. The van der Waals surface area contributed by atoms with Gasteiger partial charge in [0.05, 0.1) is 7.11 Å². The zero-order valence-electron chi connectivity index (χ0n) is 15.2. The Hall–Kier alpha value is -2.00. The molecule has 2 rings (SSSR count). The van der Waals surface area contributed by atoms with Crippen LogP contribution >= 0.6 is 0 Å². The quantitative estimate of drug-likeness (QED) is 0.815. The van der Waals surface area contributed by atoms with Crippen LogP contribution in [0.4, 0.5) is 0 Å². The van der Waals surface area contributed by atoms with Crippen LogP contribution in [0.3, 0.4) is 0 Å². The van der Waals surface area contributed by atoms with Crippen molar-refractivity contribution in [3.05, 3.63) is 58.9 Å². The third-order valence-corrected chi connectivity index (χ3v) is 4.30. The van der Waals surface area contributed by atoms with E-state index in [0.29, 0.717) is 0 Å². The second kappa shape index (κ2) is 7.05. The summed E-state index contributed by atoms with van der Waals surface area (Å²) in [5, 5.41) is 0. The second-order valence-corrected chi connectivity index (χ2v) is 6.38. The van der Waals surface area contributed by atoms with Crippen molar-refractivity contribution in [1.29, 1.82) is 0 Å². The second-order valence-electron chi connectivity index (χ2n) is 6.38. The number of rotatable bonds is 5. The van der Waals surface area contributed by atoms with E-state index in [2.05, 4.69) is 68.7 Å². The van der Waals surface area contributed by atoms with Crippen LogP contribution in [-0.4, -0.2) is 38.1 Å². The molecule has 1 aliphatic rings. The Balaban J connectivity index is 2.53. The summed E-state index contributed by atoms with van der Waals surface area (Å²) in [6.45, 7) is 9.29. The molecule has 0 aromatic heterocycles. The van der Waals surface area contributed by atoms with Gasteiger partial charge in [-0.3, -0.25) is 0 Å². The molecule has 3 nitrogen and oxygen atoms in total. The van der Waals surface area contributed by atoms with Crippen molar-refractivity contribution in [2.24, 2.45) is 0 Å². The van der Waals surface area contributed by atoms with E-state index in [1.807, 2.05) is 7.05 Å². The predicted molar refractivity (Wildman–Crippen MR) is 98.4 cm³/mol. The molecule has 1 aliphatic heterocycles. The van der Waals surface area contributed by atoms with Gasteiger partial charge in [0.2, 0.25) is 0 Å². The molecular formula is C20H28N2O. The summed E-state index contributed by atoms with van der Waals surface area (Å²) in [6, 6.07) is 4.44. The number of hydrogen-bond donors (Lipinski definition) is 0. The summed E-state index contributed by atoms with van der Waals surface area (Å²) in [6.07, 6.45) is 5.32. The molecule has 1 heterocycles. The molecule has 0 saturated heterocycles. The van der Waals surface area contributed by atoms with Crippen LogP contribution in [-0.2, 0) is 13.0 Å². The molecule has 3 heteroatoms. The van der Waals surface area contributed by atoms with Gasteiger partial charge in [0.25, 0.3) is 0 Å². The van der Waals surface area contributed by atoms with Crippen LogP contribution in [0.1, 0.15) is 30.5 Å². The summed E-state index contributed by atoms with van der Waals surface area (Å²) < 4.78 is 5.69. The zero-order chi connectivity index (χ0) is 17.1. The number of likely N-dealkylation sites (N-methyl/N-ethyl adjacent to an activating group) is 1. The SMILES string of the molecule is C=C1C(C)=CC(c2cc(CC)c(CN(C)C)c(OC)c2)=CN1C. The first-order valence-electron chi connectivity index (χ1n) is 8.04. The Morgan fingerprint density at radius 3 is 2.48 bits per heavy atom. The molecule has 0 unspecified atom stereocenters. The van der Waals surface area contributed by atoms with Gasteiger partial charge in [0, 0.05) is 31.1 Å². The van der Waals surface area contributed by atoms with Crippen molar-refractivity contribution in [2.75, 3.05) is 28.3 Å². The lowest BCUT2D eigenvalue weighted by atomic mass is 9.94. The lowest BCUT2D eigenvalue weighted by Crippen LogP contribution is -2.15. The normalized spacial score (nSPS) is 14.9. The fourth-order valence-corrected chi connectivity index (χ4v) is 2.94. The Bertz CT molecular complexity index is 643. The fourth-order valence-electron chi connectivity index (χ4n) is 2.94. The number of aryl methyl sites for hydroxylation is 1. The van der Waals surface area contributed by atoms with E-state index < -0.39 is 0 Å². The van der Waals surface area contributed by atoms with E-state index in [1.165, 1.54) is 27.8 Å². The molecule has 0 radical (unpaired) electrons. The first kappa shape index (κ1) is 17.4. The van der Waals surface area contributed by atoms with E-state index in [1.54, 1.807) is 7.11 Å². The van der Waals surface area contributed by atoms with Crippen molar-refractivity contribution in [2.45, 2.75) is 26.8 Å². The number of allylic oxidation sites excluding steroid dienone is 3. The summed E-state index contributed by atoms with van der Waals surface area (Å²) in [7, 11) is 7.96. The Morgan fingerprint density at radius 2 is 1.96 bits per heavy atom. The smallest absolute Gasteiger partial charge is 0.124 e. The maximum Gasteiger partial charge on any atom is 0.124 e. The molecule has 0 bridgehead atoms. The largest absolute Gasteiger partial charge is 0.496 e. The minimum absolute atomic E-state index is 0.886. The Morgan fingerprint density at radius 1 is 1.26 bits per heavy atom. The van der Waals surface area contributed by atoms with Gasteiger partial charge in [-0.1, -0.05) is 19.6 Å². The predicted octanol–water partition coefficient (Wildman–Crippen LogP) is 4.07. The third kappa shape index (κ3) is 3.67. The van der Waals surface area contributed by atoms with Gasteiger partial charge in [-0.15, -0.1) is 0 Å². The highest BCUT2D eigenvalue weighted by Crippen LogP contribution is 2.33. The van der Waals surface area contributed by atoms with Crippen molar-refractivity contribution < 1.29 is 4.74 Å². The zero-order valence-corrected chi connectivity index (χ0v) is 15.2. The van der Waals surface area contributed by atoms with E-state index in [-0.39, 0.29) is 0 Å². The van der Waals surface area contributed by atoms with E-state index in [9.17, 15) is 0 Å². The molecule has 1 aromatic rings. The number of benzene rings is 1. The summed E-state index contributed by atoms with van der Waals surface area (Å²) in [5.41, 5.74) is 7.24. The monoisotopic (exact) mass is 312 g/mol. The van der Waals surface area contributed by atoms with Crippen LogP contribution in [0.5, 0.6) is 5.75 Å². The number of nitrogens with zero attached hydrogens (tertiary/aromatic N) is 2. The molecule has 0 fully saturated rings. The van der Waals surface area contributed by atoms with Crippen LogP contribution < -0.4 is 4.74 Å². The fraction of sp³-hybridized carbons (Fsp3) is 0.400. The lowest BCUT2D eigenvalue weighted by Gasteiger charge is -2.25. The molecule has 0 amide bonds. The summed E-state index contributed by atoms with van der Waals surface area (Å²) in [5.74, 6) is 0.965. The lowest BCUT2D eigenvalue weighted by molar-refractivity contribution is 0.370. The standard InChI is InChI=1S/C20H28N2O/c1-8-16-10-17(11-20(23-7)19(16)13-21(4)5)18-9-14(2)15(3)22(6)12-18/h9-12H,3,8,13H2,1-2,4-7H3. The van der Waals surface area contributed by atoms with Crippen molar-refractivity contribution in [3.63, 3.8) is 0 Å². The van der Waals surface area contributed by atoms with Gasteiger partial charge < -0.3 is 14.5 Å². The van der Waals surface area contributed by atoms with E-state index in [0.717, 1.165) is 24.4 Å². The Kier molecular flexibility index (Phi) is 5.32. The minimum Gasteiger partial charge on any atom is -0.496 e. The van der Waals surface area contributed by atoms with Crippen LogP contribution in [0.25, 0.3) is 5.57 Å². The van der Waals surface area contributed by atoms with Crippen molar-refractivity contribution in [1.82, 2.24) is 9.80 Å². The van der Waals surface area contributed by atoms with Gasteiger partial charge in [0.1, 0.15) is 5.75 Å². The molecule has 0 spiro atoms. The molecule has 23 heavy (non-hydrogen) atoms. The molecule has 124 valence electrons. The highest BCUT2D eigenvalue weighted by Gasteiger charge is 2.16. The summed E-state index contributed by atoms with van der Waals surface area (Å²) >= 11 is 0. The summed E-state index contributed by atoms with van der Waals surface area (Å²) in [4.78, 5) is 4.26. The van der Waals surface area contributed by atoms with Crippen LogP contribution in [0.2, 0.25) is 0 Å². The first-order valence-corrected chi connectivity index (χ1v) is 8.04. The average Bonchev–Trinajstić information content (AvgIpc) is 2.51. The van der Waals surface area contributed by atoms with Gasteiger partial charge in [0.15, 0.2) is 0 Å². The average molecular weight is 312 g/mol. The molecule has 0 atom stereocenters. The van der Waals surface area contributed by atoms with Gasteiger partial charge in [-0.2, -0.15) is 0 Å². The maximum atomic E-state index is 5.69. The van der Waals surface area contributed by atoms with Crippen molar-refractivity contribution >= 4 is 5.57 Å². The Labute approximate surface area is 140 Å². The molecule has 0 aliphatic carbocycles. The van der Waals surface area contributed by atoms with E-state index >= 15 is 0 Å². The molecular weight excluding hydrogens is 284 g/mol. The minimum atomic E-state index is 0.886. The maximum absolute atomic E-state index is 5.69. The highest BCUT2D eigenvalue weighted by atomic mass is 16.5. The number of ether oxygens (including phenoxy) is 1. The van der Waals surface area contributed by atoms with Crippen LogP contribution in [0.15, 0.2) is 42.3 Å². The third-order valence-electron chi connectivity index (χ3n) is 4.30. The topological polar surface area (TPSA) is 15.7 Å². The number of methoxy groups -OCH3 is 1. The van der Waals surface area contributed by atoms with Gasteiger partial charge >= 0.3 is 0 Å². The number of hydrogen-bond acceptors (Lipinski definition) is 3. The van der Waals surface area contributed by atoms with E-state index in [4.69, 9.17) is 4.74 Å². The first-order chi connectivity index (χ1) is 10.9. The molecule has 0 N–H and O–H groups in total. The van der Waals surface area contributed by atoms with Crippen LogP contribution in [0, 0.1) is 0 Å². The molecule has 0 saturated carbocycles.